The van der Waals surface area contributed by atoms with E-state index in [2.05, 4.69) is 26.2 Å². The Morgan fingerprint density at radius 2 is 2.25 bits per heavy atom. The van der Waals surface area contributed by atoms with Crippen molar-refractivity contribution in [1.29, 1.82) is 0 Å². The normalized spacial score (nSPS) is 12.8. The van der Waals surface area contributed by atoms with Crippen LogP contribution in [-0.2, 0) is 4.79 Å². The molecule has 0 radical (unpaired) electrons. The maximum absolute atomic E-state index is 12.1. The third kappa shape index (κ3) is 3.66. The number of hydrogen-bond donors (Lipinski definition) is 1. The summed E-state index contributed by atoms with van der Waals surface area (Å²) in [7, 11) is 0. The minimum atomic E-state index is -0.503. The van der Waals surface area contributed by atoms with Crippen molar-refractivity contribution < 1.29 is 9.21 Å². The molecule has 3 aromatic rings. The highest BCUT2D eigenvalue weighted by Gasteiger charge is 2.16. The topological polar surface area (TPSA) is 72.2 Å². The monoisotopic (exact) mass is 424 g/mol. The molecule has 24 heavy (non-hydrogen) atoms. The number of rotatable bonds is 4. The Labute approximate surface area is 154 Å². The Morgan fingerprint density at radius 1 is 1.46 bits per heavy atom. The number of hydrogen-bond acceptors (Lipinski definition) is 6. The van der Waals surface area contributed by atoms with Crippen molar-refractivity contribution in [2.75, 3.05) is 0 Å². The molecule has 0 fully saturated rings. The maximum Gasteiger partial charge on any atom is 0.348 e. The number of aryl methyl sites for hydroxylation is 1. The molecule has 0 saturated carbocycles. The SMILES string of the molecule is Cc1csc2nc([C@H](C)NC(=O)/C=C/c3ccc(Br)s3)oc(=O)c12. The summed E-state index contributed by atoms with van der Waals surface area (Å²) in [4.78, 5) is 30.0. The molecule has 0 aliphatic rings. The molecule has 1 amide bonds. The molecular formula is C16H13BrN2O3S2. The van der Waals surface area contributed by atoms with Gasteiger partial charge in [0.1, 0.15) is 10.9 Å². The highest BCUT2D eigenvalue weighted by molar-refractivity contribution is 9.11. The average molecular weight is 425 g/mol. The summed E-state index contributed by atoms with van der Waals surface area (Å²) in [6, 6.07) is 3.33. The summed E-state index contributed by atoms with van der Waals surface area (Å²) in [5.74, 6) is -0.0751. The van der Waals surface area contributed by atoms with Crippen LogP contribution in [0.1, 0.15) is 29.3 Å². The second-order valence-electron chi connectivity index (χ2n) is 5.14. The predicted octanol–water partition coefficient (Wildman–Crippen LogP) is 4.27. The van der Waals surface area contributed by atoms with Gasteiger partial charge in [-0.1, -0.05) is 0 Å². The first-order valence-corrected chi connectivity index (χ1v) is 9.55. The number of amides is 1. The van der Waals surface area contributed by atoms with Crippen LogP contribution in [-0.4, -0.2) is 10.9 Å². The molecule has 0 unspecified atom stereocenters. The Balaban J connectivity index is 1.74. The molecule has 124 valence electrons. The molecule has 8 heteroatoms. The number of halogens is 1. The van der Waals surface area contributed by atoms with E-state index in [0.717, 1.165) is 14.2 Å². The van der Waals surface area contributed by atoms with Gasteiger partial charge in [-0.3, -0.25) is 4.79 Å². The van der Waals surface area contributed by atoms with Crippen LogP contribution in [0.25, 0.3) is 16.3 Å². The van der Waals surface area contributed by atoms with Gasteiger partial charge in [0, 0.05) is 11.0 Å². The number of carbonyl (C=O) groups excluding carboxylic acids is 1. The molecule has 0 aromatic carbocycles. The fraction of sp³-hybridized carbons (Fsp3) is 0.188. The lowest BCUT2D eigenvalue weighted by molar-refractivity contribution is -0.117. The van der Waals surface area contributed by atoms with Crippen LogP contribution >= 0.6 is 38.6 Å². The van der Waals surface area contributed by atoms with Crippen LogP contribution in [0.4, 0.5) is 0 Å². The minimum Gasteiger partial charge on any atom is -0.406 e. The minimum absolute atomic E-state index is 0.204. The van der Waals surface area contributed by atoms with E-state index in [1.807, 2.05) is 24.4 Å². The van der Waals surface area contributed by atoms with Gasteiger partial charge in [0.2, 0.25) is 11.8 Å². The van der Waals surface area contributed by atoms with Gasteiger partial charge in [-0.05, 0) is 58.9 Å². The van der Waals surface area contributed by atoms with Gasteiger partial charge in [0.15, 0.2) is 0 Å². The van der Waals surface area contributed by atoms with Crippen molar-refractivity contribution in [3.63, 3.8) is 0 Å². The molecule has 3 aromatic heterocycles. The van der Waals surface area contributed by atoms with E-state index in [1.165, 1.54) is 28.7 Å². The summed E-state index contributed by atoms with van der Waals surface area (Å²) in [6.07, 6.45) is 3.17. The number of nitrogens with zero attached hydrogens (tertiary/aromatic N) is 1. The summed E-state index contributed by atoms with van der Waals surface area (Å²) in [5, 5.41) is 5.12. The highest BCUT2D eigenvalue weighted by atomic mass is 79.9. The number of thiophene rings is 2. The van der Waals surface area contributed by atoms with Crippen molar-refractivity contribution in [2.24, 2.45) is 0 Å². The van der Waals surface area contributed by atoms with E-state index in [0.29, 0.717) is 10.2 Å². The van der Waals surface area contributed by atoms with E-state index in [9.17, 15) is 9.59 Å². The van der Waals surface area contributed by atoms with Crippen LogP contribution in [0.3, 0.4) is 0 Å². The summed E-state index contributed by atoms with van der Waals surface area (Å²) < 4.78 is 6.26. The summed E-state index contributed by atoms with van der Waals surface area (Å²) in [6.45, 7) is 3.57. The van der Waals surface area contributed by atoms with Crippen LogP contribution in [0.5, 0.6) is 0 Å². The van der Waals surface area contributed by atoms with Crippen molar-refractivity contribution in [3.8, 4) is 0 Å². The number of carbonyl (C=O) groups is 1. The van der Waals surface area contributed by atoms with Crippen molar-refractivity contribution in [3.05, 3.63) is 54.1 Å². The zero-order chi connectivity index (χ0) is 17.3. The molecule has 0 spiro atoms. The largest absolute Gasteiger partial charge is 0.406 e. The maximum atomic E-state index is 12.1. The Bertz CT molecular complexity index is 987. The fourth-order valence-corrected chi connectivity index (χ4v) is 4.35. The molecule has 0 saturated heterocycles. The predicted molar refractivity (Wildman–Crippen MR) is 101 cm³/mol. The lowest BCUT2D eigenvalue weighted by Gasteiger charge is -2.10. The Morgan fingerprint density at radius 3 is 2.96 bits per heavy atom. The first-order valence-electron chi connectivity index (χ1n) is 7.07. The van der Waals surface area contributed by atoms with Crippen molar-refractivity contribution >= 4 is 60.8 Å². The smallest absolute Gasteiger partial charge is 0.348 e. The molecule has 3 heterocycles. The summed E-state index contributed by atoms with van der Waals surface area (Å²) >= 11 is 6.29. The molecule has 1 atom stereocenters. The molecular weight excluding hydrogens is 412 g/mol. The third-order valence-electron chi connectivity index (χ3n) is 3.29. The second kappa shape index (κ2) is 7.00. The Hall–Kier alpha value is -1.77. The fourth-order valence-electron chi connectivity index (χ4n) is 2.11. The van der Waals surface area contributed by atoms with E-state index in [-0.39, 0.29) is 11.8 Å². The van der Waals surface area contributed by atoms with Gasteiger partial charge in [-0.15, -0.1) is 22.7 Å². The van der Waals surface area contributed by atoms with Crippen molar-refractivity contribution in [2.45, 2.75) is 19.9 Å². The van der Waals surface area contributed by atoms with Gasteiger partial charge in [0.05, 0.1) is 9.17 Å². The molecule has 0 aliphatic carbocycles. The van der Waals surface area contributed by atoms with Gasteiger partial charge < -0.3 is 9.73 Å². The molecule has 3 rings (SSSR count). The van der Waals surface area contributed by atoms with Crippen molar-refractivity contribution in [1.82, 2.24) is 10.3 Å². The van der Waals surface area contributed by atoms with E-state index >= 15 is 0 Å². The van der Waals surface area contributed by atoms with Gasteiger partial charge >= 0.3 is 5.63 Å². The zero-order valence-corrected chi connectivity index (χ0v) is 16.0. The number of aromatic nitrogens is 1. The zero-order valence-electron chi connectivity index (χ0n) is 12.8. The first kappa shape index (κ1) is 17.1. The Kier molecular flexibility index (Phi) is 4.98. The average Bonchev–Trinajstić information content (AvgIpc) is 3.11. The summed E-state index contributed by atoms with van der Waals surface area (Å²) in [5.41, 5.74) is 0.429. The molecule has 5 nitrogen and oxygen atoms in total. The highest BCUT2D eigenvalue weighted by Crippen LogP contribution is 2.23. The lowest BCUT2D eigenvalue weighted by Crippen LogP contribution is -2.26. The van der Waals surface area contributed by atoms with Crippen LogP contribution in [0.15, 0.2) is 36.6 Å². The van der Waals surface area contributed by atoms with Gasteiger partial charge in [0.25, 0.3) is 0 Å². The first-order chi connectivity index (χ1) is 11.4. The quantitative estimate of drug-likeness (QED) is 0.634. The van der Waals surface area contributed by atoms with Gasteiger partial charge in [-0.2, -0.15) is 0 Å². The van der Waals surface area contributed by atoms with Crippen LogP contribution < -0.4 is 10.9 Å². The number of nitrogens with one attached hydrogen (secondary N) is 1. The second-order valence-corrected chi connectivity index (χ2v) is 8.50. The van der Waals surface area contributed by atoms with E-state index in [1.54, 1.807) is 13.0 Å². The van der Waals surface area contributed by atoms with Crippen LogP contribution in [0.2, 0.25) is 0 Å². The van der Waals surface area contributed by atoms with Crippen LogP contribution in [0, 0.1) is 6.92 Å². The molecule has 0 bridgehead atoms. The third-order valence-corrected chi connectivity index (χ3v) is 5.87. The molecule has 0 aliphatic heterocycles. The standard InChI is InChI=1S/C16H13BrN2O3S2/c1-8-7-23-15-13(8)16(21)22-14(19-15)9(2)18-12(20)6-4-10-3-5-11(17)24-10/h3-7,9H,1-2H3,(H,18,20)/b6-4+/t9-/m0/s1. The van der Waals surface area contributed by atoms with E-state index in [4.69, 9.17) is 4.42 Å². The van der Waals surface area contributed by atoms with E-state index < -0.39 is 11.7 Å². The number of fused-ring (bicyclic) bond motifs is 1. The van der Waals surface area contributed by atoms with Gasteiger partial charge in [-0.25, -0.2) is 9.78 Å². The lowest BCUT2D eigenvalue weighted by atomic mass is 10.2. The molecule has 1 N–H and O–H groups in total.